The highest BCUT2D eigenvalue weighted by Crippen LogP contribution is 2.41. The molecule has 1 unspecified atom stereocenters. The predicted molar refractivity (Wildman–Crippen MR) is 87.3 cm³/mol. The molecule has 0 radical (unpaired) electrons. The van der Waals surface area contributed by atoms with Crippen LogP contribution in [0.25, 0.3) is 0 Å². The Morgan fingerprint density at radius 3 is 2.79 bits per heavy atom. The van der Waals surface area contributed by atoms with Gasteiger partial charge in [-0.15, -0.1) is 0 Å². The molecule has 0 amide bonds. The summed E-state index contributed by atoms with van der Waals surface area (Å²) in [5.74, 6) is 0.706. The van der Waals surface area contributed by atoms with Crippen LogP contribution in [0.1, 0.15) is 18.4 Å². The number of ether oxygens (including phenoxy) is 1. The van der Waals surface area contributed by atoms with Crippen molar-refractivity contribution in [1.29, 1.82) is 0 Å². The van der Waals surface area contributed by atoms with Crippen LogP contribution in [0.4, 0.5) is 18.9 Å². The number of fused-ring (bicyclic) bond motifs is 3. The molecule has 2 aromatic rings. The zero-order chi connectivity index (χ0) is 16.7. The van der Waals surface area contributed by atoms with Crippen molar-refractivity contribution in [3.05, 3.63) is 48.0 Å². The fourth-order valence-electron chi connectivity index (χ4n) is 3.06. The Kier molecular flexibility index (Phi) is 3.85. The number of anilines is 1. The van der Waals surface area contributed by atoms with Crippen LogP contribution >= 0.6 is 11.9 Å². The van der Waals surface area contributed by atoms with Crippen molar-refractivity contribution in [1.82, 2.24) is 4.72 Å². The molecule has 1 atom stereocenters. The number of benzene rings is 2. The molecule has 3 nitrogen and oxygen atoms in total. The van der Waals surface area contributed by atoms with Crippen molar-refractivity contribution in [3.63, 3.8) is 0 Å². The van der Waals surface area contributed by atoms with Crippen molar-refractivity contribution >= 4 is 17.6 Å². The summed E-state index contributed by atoms with van der Waals surface area (Å²) >= 11 is 1.55. The van der Waals surface area contributed by atoms with E-state index < -0.39 is 11.7 Å². The zero-order valence-electron chi connectivity index (χ0n) is 12.6. The Morgan fingerprint density at radius 1 is 1.12 bits per heavy atom. The smallest absolute Gasteiger partial charge is 0.416 e. The second-order valence-corrected chi connectivity index (χ2v) is 6.71. The minimum absolute atomic E-state index is 0.178. The summed E-state index contributed by atoms with van der Waals surface area (Å²) in [4.78, 5) is 3.34. The van der Waals surface area contributed by atoms with E-state index in [0.717, 1.165) is 42.1 Å². The van der Waals surface area contributed by atoms with Crippen LogP contribution in [0.2, 0.25) is 0 Å². The highest BCUT2D eigenvalue weighted by Gasteiger charge is 2.31. The average Bonchev–Trinajstić information content (AvgIpc) is 3.03. The van der Waals surface area contributed by atoms with Crippen molar-refractivity contribution in [3.8, 4) is 11.5 Å². The molecule has 1 N–H and O–H groups in total. The number of halogens is 3. The molecule has 2 aliphatic rings. The summed E-state index contributed by atoms with van der Waals surface area (Å²) < 4.78 is 47.4. The highest BCUT2D eigenvalue weighted by molar-refractivity contribution is 7.97. The third-order valence-electron chi connectivity index (χ3n) is 4.20. The number of hydrogen-bond acceptors (Lipinski definition) is 4. The maximum absolute atomic E-state index is 12.8. The van der Waals surface area contributed by atoms with Gasteiger partial charge in [0, 0.05) is 11.4 Å². The largest absolute Gasteiger partial charge is 0.457 e. The molecule has 24 heavy (non-hydrogen) atoms. The molecule has 0 aromatic heterocycles. The summed E-state index contributed by atoms with van der Waals surface area (Å²) in [7, 11) is 0. The van der Waals surface area contributed by atoms with Gasteiger partial charge in [0.15, 0.2) is 0 Å². The fraction of sp³-hybridized carbons (Fsp3) is 0.294. The summed E-state index contributed by atoms with van der Waals surface area (Å²) in [6.45, 7) is 1.01. The van der Waals surface area contributed by atoms with Crippen molar-refractivity contribution in [2.45, 2.75) is 30.1 Å². The number of hydrogen-bond donors (Lipinski definition) is 1. The molecule has 0 spiro atoms. The standard InChI is InChI=1S/C17H15F3N2OS/c18-17(19,20)11-3-1-4-12(9-11)23-13-6-7-14-15(10-13)24-21-16-5-2-8-22(14)16/h1,3-4,6-7,9-10,16,21H,2,5,8H2. The topological polar surface area (TPSA) is 24.5 Å². The molecule has 7 heteroatoms. The summed E-state index contributed by atoms with van der Waals surface area (Å²) in [5.41, 5.74) is 0.437. The van der Waals surface area contributed by atoms with E-state index in [1.54, 1.807) is 18.0 Å². The van der Waals surface area contributed by atoms with Crippen molar-refractivity contribution in [2.24, 2.45) is 0 Å². The Labute approximate surface area is 141 Å². The summed E-state index contributed by atoms with van der Waals surface area (Å²) in [5, 5.41) is 0. The second kappa shape index (κ2) is 5.89. The number of rotatable bonds is 2. The molecule has 2 aliphatic heterocycles. The summed E-state index contributed by atoms with van der Waals surface area (Å²) in [6.07, 6.45) is -1.74. The first-order valence-electron chi connectivity index (χ1n) is 7.69. The van der Waals surface area contributed by atoms with Gasteiger partial charge in [-0.3, -0.25) is 0 Å². The van der Waals surface area contributed by atoms with E-state index in [-0.39, 0.29) is 5.75 Å². The molecular formula is C17H15F3N2OS. The minimum atomic E-state index is -4.38. The minimum Gasteiger partial charge on any atom is -0.457 e. The van der Waals surface area contributed by atoms with E-state index in [1.165, 1.54) is 12.1 Å². The summed E-state index contributed by atoms with van der Waals surface area (Å²) in [6, 6.07) is 10.6. The maximum atomic E-state index is 12.8. The van der Waals surface area contributed by atoms with E-state index in [4.69, 9.17) is 4.74 Å². The van der Waals surface area contributed by atoms with Crippen LogP contribution in [0.5, 0.6) is 11.5 Å². The average molecular weight is 352 g/mol. The fourth-order valence-corrected chi connectivity index (χ4v) is 4.03. The number of nitrogens with zero attached hydrogens (tertiary/aromatic N) is 1. The zero-order valence-corrected chi connectivity index (χ0v) is 13.5. The lowest BCUT2D eigenvalue weighted by Crippen LogP contribution is -2.41. The van der Waals surface area contributed by atoms with Gasteiger partial charge in [-0.2, -0.15) is 13.2 Å². The van der Waals surface area contributed by atoms with Gasteiger partial charge >= 0.3 is 6.18 Å². The second-order valence-electron chi connectivity index (χ2n) is 5.83. The molecule has 2 aromatic carbocycles. The number of nitrogens with one attached hydrogen (secondary N) is 1. The van der Waals surface area contributed by atoms with Gasteiger partial charge in [-0.1, -0.05) is 6.07 Å². The van der Waals surface area contributed by atoms with E-state index in [0.29, 0.717) is 11.9 Å². The molecular weight excluding hydrogens is 337 g/mol. The molecule has 1 saturated heterocycles. The van der Waals surface area contributed by atoms with Gasteiger partial charge in [-0.25, -0.2) is 4.72 Å². The van der Waals surface area contributed by atoms with E-state index in [9.17, 15) is 13.2 Å². The third kappa shape index (κ3) is 2.93. The molecule has 4 rings (SSSR count). The van der Waals surface area contributed by atoms with Gasteiger partial charge in [0.2, 0.25) is 0 Å². The monoisotopic (exact) mass is 352 g/mol. The lowest BCUT2D eigenvalue weighted by molar-refractivity contribution is -0.137. The SMILES string of the molecule is FC(F)(F)c1cccc(Oc2ccc3c(c2)SNC2CCCN32)c1. The Balaban J connectivity index is 1.58. The van der Waals surface area contributed by atoms with Crippen LogP contribution in [0.15, 0.2) is 47.4 Å². The Hall–Kier alpha value is -1.86. The highest BCUT2D eigenvalue weighted by atomic mass is 32.2. The third-order valence-corrected chi connectivity index (χ3v) is 5.13. The van der Waals surface area contributed by atoms with E-state index >= 15 is 0 Å². The molecule has 2 heterocycles. The van der Waals surface area contributed by atoms with Crippen LogP contribution in [0, 0.1) is 0 Å². The number of alkyl halides is 3. The van der Waals surface area contributed by atoms with Crippen molar-refractivity contribution < 1.29 is 17.9 Å². The molecule has 126 valence electrons. The van der Waals surface area contributed by atoms with Gasteiger partial charge < -0.3 is 9.64 Å². The first-order valence-corrected chi connectivity index (χ1v) is 8.50. The van der Waals surface area contributed by atoms with Gasteiger partial charge in [0.25, 0.3) is 0 Å². The van der Waals surface area contributed by atoms with Crippen LogP contribution in [0.3, 0.4) is 0 Å². The van der Waals surface area contributed by atoms with Crippen LogP contribution < -0.4 is 14.4 Å². The van der Waals surface area contributed by atoms with E-state index in [1.807, 2.05) is 12.1 Å². The molecule has 0 saturated carbocycles. The van der Waals surface area contributed by atoms with E-state index in [2.05, 4.69) is 9.62 Å². The quantitative estimate of drug-likeness (QED) is 0.766. The van der Waals surface area contributed by atoms with Crippen molar-refractivity contribution in [2.75, 3.05) is 11.4 Å². The lowest BCUT2D eigenvalue weighted by atomic mass is 10.2. The predicted octanol–water partition coefficient (Wildman–Crippen LogP) is 5.03. The Bertz CT molecular complexity index is 766. The molecule has 0 bridgehead atoms. The normalized spacial score (nSPS) is 19.8. The first kappa shape index (κ1) is 15.7. The molecule has 1 fully saturated rings. The van der Waals surface area contributed by atoms with Crippen LogP contribution in [-0.2, 0) is 6.18 Å². The van der Waals surface area contributed by atoms with Gasteiger partial charge in [-0.05, 0) is 61.2 Å². The van der Waals surface area contributed by atoms with Gasteiger partial charge in [0.1, 0.15) is 11.5 Å². The maximum Gasteiger partial charge on any atom is 0.416 e. The first-order chi connectivity index (χ1) is 11.5. The lowest BCUT2D eigenvalue weighted by Gasteiger charge is -2.33. The molecule has 0 aliphatic carbocycles. The van der Waals surface area contributed by atoms with Gasteiger partial charge in [0.05, 0.1) is 17.4 Å². The van der Waals surface area contributed by atoms with Crippen LogP contribution in [-0.4, -0.2) is 12.7 Å². The Morgan fingerprint density at radius 2 is 1.96 bits per heavy atom.